The van der Waals surface area contributed by atoms with Crippen LogP contribution in [-0.2, 0) is 28.5 Å². The summed E-state index contributed by atoms with van der Waals surface area (Å²) in [5.74, 6) is -1.75. The van der Waals surface area contributed by atoms with E-state index in [0.717, 1.165) is 51.4 Å². The van der Waals surface area contributed by atoms with Crippen LogP contribution < -0.4 is 5.73 Å². The second kappa shape index (κ2) is 5.89. The molecule has 0 aromatic heterocycles. The summed E-state index contributed by atoms with van der Waals surface area (Å²) in [5, 5.41) is 0. The highest BCUT2D eigenvalue weighted by atomic mass is 16.9. The van der Waals surface area contributed by atoms with E-state index < -0.39 is 36.0 Å². The van der Waals surface area contributed by atoms with Crippen LogP contribution in [0.1, 0.15) is 64.2 Å². The SMILES string of the molecule is NC(=O)C1OC2OC3(CCCCC3)OC2C2OC3(CCCCC3)OC12. The molecule has 7 heteroatoms. The summed E-state index contributed by atoms with van der Waals surface area (Å²) >= 11 is 0. The van der Waals surface area contributed by atoms with Crippen molar-refractivity contribution in [3.8, 4) is 0 Å². The number of carbonyl (C=O) groups is 1. The van der Waals surface area contributed by atoms with E-state index in [-0.39, 0.29) is 12.2 Å². The van der Waals surface area contributed by atoms with Gasteiger partial charge in [-0.25, -0.2) is 0 Å². The number of hydrogen-bond acceptors (Lipinski definition) is 6. The number of fused-ring (bicyclic) bond motifs is 3. The number of nitrogens with two attached hydrogens (primary N) is 1. The second-order valence-corrected chi connectivity index (χ2v) is 8.14. The van der Waals surface area contributed by atoms with Crippen LogP contribution in [0.4, 0.5) is 0 Å². The predicted octanol–water partition coefficient (Wildman–Crippen LogP) is 1.72. The standard InChI is InChI=1S/C18H27NO6/c19-15(20)13-11-12(23-17(22-11)7-3-1-4-8-17)14-16(21-13)25-18(24-14)9-5-2-6-10-18/h11-14,16H,1-10H2,(H2,19,20). The smallest absolute Gasteiger partial charge is 0.249 e. The lowest BCUT2D eigenvalue weighted by molar-refractivity contribution is -0.247. The molecule has 5 aliphatic rings. The van der Waals surface area contributed by atoms with Crippen molar-refractivity contribution in [3.63, 3.8) is 0 Å². The molecule has 140 valence electrons. The summed E-state index contributed by atoms with van der Waals surface area (Å²) in [7, 11) is 0. The summed E-state index contributed by atoms with van der Waals surface area (Å²) in [4.78, 5) is 12.0. The Morgan fingerprint density at radius 3 is 1.84 bits per heavy atom. The zero-order valence-electron chi connectivity index (χ0n) is 14.5. The van der Waals surface area contributed by atoms with E-state index in [4.69, 9.17) is 29.4 Å². The molecule has 25 heavy (non-hydrogen) atoms. The summed E-state index contributed by atoms with van der Waals surface area (Å²) in [6.07, 6.45) is 7.36. The summed E-state index contributed by atoms with van der Waals surface area (Å²) in [5.41, 5.74) is 5.60. The van der Waals surface area contributed by atoms with Crippen molar-refractivity contribution in [2.75, 3.05) is 0 Å². The zero-order chi connectivity index (χ0) is 17.1. The third kappa shape index (κ3) is 2.63. The highest BCUT2D eigenvalue weighted by Crippen LogP contribution is 2.50. The molecule has 5 unspecified atom stereocenters. The van der Waals surface area contributed by atoms with Gasteiger partial charge in [0.25, 0.3) is 0 Å². The van der Waals surface area contributed by atoms with Gasteiger partial charge in [0, 0.05) is 25.7 Å². The Kier molecular flexibility index (Phi) is 3.87. The lowest BCUT2D eigenvalue weighted by Crippen LogP contribution is -2.58. The molecule has 0 radical (unpaired) electrons. The Bertz CT molecular complexity index is 542. The van der Waals surface area contributed by atoms with Gasteiger partial charge in [-0.15, -0.1) is 0 Å². The van der Waals surface area contributed by atoms with Crippen molar-refractivity contribution in [1.29, 1.82) is 0 Å². The average molecular weight is 353 g/mol. The minimum absolute atomic E-state index is 0.361. The third-order valence-electron chi connectivity index (χ3n) is 6.39. The Labute approximate surface area is 147 Å². The highest BCUT2D eigenvalue weighted by molar-refractivity contribution is 5.80. The number of primary amides is 1. The molecule has 2 N–H and O–H groups in total. The molecule has 0 aromatic carbocycles. The quantitative estimate of drug-likeness (QED) is 0.772. The van der Waals surface area contributed by atoms with Crippen LogP contribution in [-0.4, -0.2) is 48.2 Å². The first-order chi connectivity index (χ1) is 12.1. The van der Waals surface area contributed by atoms with E-state index in [2.05, 4.69) is 0 Å². The number of rotatable bonds is 1. The molecule has 3 saturated heterocycles. The first kappa shape index (κ1) is 16.4. The molecule has 5 fully saturated rings. The van der Waals surface area contributed by atoms with Gasteiger partial charge in [-0.2, -0.15) is 0 Å². The number of carbonyl (C=O) groups excluding carboxylic acids is 1. The molecular weight excluding hydrogens is 326 g/mol. The second-order valence-electron chi connectivity index (χ2n) is 8.14. The summed E-state index contributed by atoms with van der Waals surface area (Å²) < 4.78 is 31.1. The highest BCUT2D eigenvalue weighted by Gasteiger charge is 2.64. The maximum atomic E-state index is 12.0. The van der Waals surface area contributed by atoms with Crippen LogP contribution in [0.5, 0.6) is 0 Å². The normalized spacial score (nSPS) is 44.6. The van der Waals surface area contributed by atoms with E-state index >= 15 is 0 Å². The van der Waals surface area contributed by atoms with Gasteiger partial charge >= 0.3 is 0 Å². The lowest BCUT2D eigenvalue weighted by atomic mass is 9.94. The fourth-order valence-electron chi connectivity index (χ4n) is 5.19. The minimum Gasteiger partial charge on any atom is -0.367 e. The molecule has 3 heterocycles. The van der Waals surface area contributed by atoms with Gasteiger partial charge in [-0.05, 0) is 25.7 Å². The van der Waals surface area contributed by atoms with Crippen molar-refractivity contribution in [3.05, 3.63) is 0 Å². The van der Waals surface area contributed by atoms with Crippen molar-refractivity contribution in [2.45, 2.75) is 106 Å². The topological polar surface area (TPSA) is 89.2 Å². The van der Waals surface area contributed by atoms with Gasteiger partial charge in [-0.3, -0.25) is 4.79 Å². The van der Waals surface area contributed by atoms with E-state index in [1.807, 2.05) is 0 Å². The molecule has 2 spiro atoms. The molecule has 7 nitrogen and oxygen atoms in total. The fourth-order valence-corrected chi connectivity index (χ4v) is 5.19. The predicted molar refractivity (Wildman–Crippen MR) is 85.2 cm³/mol. The van der Waals surface area contributed by atoms with E-state index in [9.17, 15) is 4.79 Å². The first-order valence-electron chi connectivity index (χ1n) is 9.76. The number of amides is 1. The third-order valence-corrected chi connectivity index (χ3v) is 6.39. The van der Waals surface area contributed by atoms with Crippen LogP contribution in [0.3, 0.4) is 0 Å². The Morgan fingerprint density at radius 2 is 1.24 bits per heavy atom. The van der Waals surface area contributed by atoms with Gasteiger partial charge in [-0.1, -0.05) is 12.8 Å². The molecular formula is C18H27NO6. The van der Waals surface area contributed by atoms with Crippen LogP contribution >= 0.6 is 0 Å². The van der Waals surface area contributed by atoms with Crippen molar-refractivity contribution in [1.82, 2.24) is 0 Å². The molecule has 0 aromatic rings. The van der Waals surface area contributed by atoms with Crippen LogP contribution in [0.2, 0.25) is 0 Å². The van der Waals surface area contributed by atoms with Crippen molar-refractivity contribution in [2.24, 2.45) is 5.73 Å². The van der Waals surface area contributed by atoms with Gasteiger partial charge in [0.15, 0.2) is 24.0 Å². The zero-order valence-corrected chi connectivity index (χ0v) is 14.5. The van der Waals surface area contributed by atoms with Crippen LogP contribution in [0.25, 0.3) is 0 Å². The van der Waals surface area contributed by atoms with Gasteiger partial charge in [0.05, 0.1) is 0 Å². The molecule has 5 rings (SSSR count). The number of hydrogen-bond donors (Lipinski definition) is 1. The molecule has 0 bridgehead atoms. The van der Waals surface area contributed by atoms with E-state index in [0.29, 0.717) is 0 Å². The molecule has 5 atom stereocenters. The van der Waals surface area contributed by atoms with E-state index in [1.165, 1.54) is 12.8 Å². The minimum atomic E-state index is -0.852. The molecule has 2 saturated carbocycles. The average Bonchev–Trinajstić information content (AvgIpc) is 3.13. The summed E-state index contributed by atoms with van der Waals surface area (Å²) in [6.45, 7) is 0. The van der Waals surface area contributed by atoms with Crippen LogP contribution in [0.15, 0.2) is 0 Å². The largest absolute Gasteiger partial charge is 0.367 e. The molecule has 2 aliphatic carbocycles. The number of ether oxygens (including phenoxy) is 5. The molecule has 3 aliphatic heterocycles. The van der Waals surface area contributed by atoms with Crippen LogP contribution in [0, 0.1) is 0 Å². The monoisotopic (exact) mass is 353 g/mol. The lowest BCUT2D eigenvalue weighted by Gasteiger charge is -2.35. The van der Waals surface area contributed by atoms with Crippen molar-refractivity contribution >= 4 is 5.91 Å². The van der Waals surface area contributed by atoms with Gasteiger partial charge in [0.1, 0.15) is 18.3 Å². The van der Waals surface area contributed by atoms with Crippen molar-refractivity contribution < 1.29 is 28.5 Å². The Morgan fingerprint density at radius 1 is 0.720 bits per heavy atom. The first-order valence-corrected chi connectivity index (χ1v) is 9.76. The maximum Gasteiger partial charge on any atom is 0.249 e. The summed E-state index contributed by atoms with van der Waals surface area (Å²) in [6, 6.07) is 0. The maximum absolute atomic E-state index is 12.0. The Hall–Kier alpha value is -0.730. The van der Waals surface area contributed by atoms with Gasteiger partial charge in [0.2, 0.25) is 5.91 Å². The molecule has 1 amide bonds. The Balaban J connectivity index is 1.43. The van der Waals surface area contributed by atoms with Gasteiger partial charge < -0.3 is 29.4 Å². The van der Waals surface area contributed by atoms with E-state index in [1.54, 1.807) is 0 Å². The fraction of sp³-hybridized carbons (Fsp3) is 0.944.